The van der Waals surface area contributed by atoms with Gasteiger partial charge in [-0.25, -0.2) is 4.98 Å². The van der Waals surface area contributed by atoms with Gasteiger partial charge in [-0.2, -0.15) is 0 Å². The smallest absolute Gasteiger partial charge is 0.270 e. The Morgan fingerprint density at radius 2 is 2.08 bits per heavy atom. The van der Waals surface area contributed by atoms with E-state index in [0.717, 1.165) is 24.9 Å². The summed E-state index contributed by atoms with van der Waals surface area (Å²) in [5, 5.41) is 0. The van der Waals surface area contributed by atoms with Gasteiger partial charge in [0.25, 0.3) is 5.91 Å². The molecule has 0 bridgehead atoms. The molecular formula is C18H24N4O2. The summed E-state index contributed by atoms with van der Waals surface area (Å²) >= 11 is 0. The molecule has 3 heterocycles. The van der Waals surface area contributed by atoms with Crippen LogP contribution in [0.4, 0.5) is 0 Å². The fourth-order valence-corrected chi connectivity index (χ4v) is 3.33. The third kappa shape index (κ3) is 3.24. The van der Waals surface area contributed by atoms with Crippen molar-refractivity contribution in [2.45, 2.75) is 25.9 Å². The Hall–Kier alpha value is -2.08. The van der Waals surface area contributed by atoms with Crippen molar-refractivity contribution >= 4 is 5.91 Å². The van der Waals surface area contributed by atoms with Gasteiger partial charge in [0.05, 0.1) is 13.2 Å². The van der Waals surface area contributed by atoms with Crippen LogP contribution < -0.4 is 0 Å². The molecule has 1 atom stereocenters. The van der Waals surface area contributed by atoms with Crippen LogP contribution in [-0.4, -0.2) is 44.7 Å². The van der Waals surface area contributed by atoms with Gasteiger partial charge in [-0.15, -0.1) is 0 Å². The Balaban J connectivity index is 1.50. The van der Waals surface area contributed by atoms with Crippen LogP contribution in [0.1, 0.15) is 29.2 Å². The molecule has 6 nitrogen and oxygen atoms in total. The number of hydrogen-bond donors (Lipinski definition) is 0. The van der Waals surface area contributed by atoms with Gasteiger partial charge in [0.1, 0.15) is 11.5 Å². The van der Waals surface area contributed by atoms with E-state index in [1.54, 1.807) is 0 Å². The van der Waals surface area contributed by atoms with Crippen LogP contribution in [0.15, 0.2) is 30.7 Å². The molecule has 2 aromatic heterocycles. The zero-order valence-corrected chi connectivity index (χ0v) is 14.1. The van der Waals surface area contributed by atoms with Gasteiger partial charge >= 0.3 is 0 Å². The highest BCUT2D eigenvalue weighted by Crippen LogP contribution is 2.29. The molecule has 0 N–H and O–H groups in total. The van der Waals surface area contributed by atoms with Crippen LogP contribution in [-0.2, 0) is 24.9 Å². The lowest BCUT2D eigenvalue weighted by Gasteiger charge is -2.24. The molecule has 1 aliphatic carbocycles. The molecule has 0 aromatic carbocycles. The number of hydrogen-bond acceptors (Lipinski definition) is 3. The molecule has 1 aliphatic heterocycles. The zero-order valence-electron chi connectivity index (χ0n) is 14.1. The lowest BCUT2D eigenvalue weighted by Crippen LogP contribution is -2.36. The first-order valence-electron chi connectivity index (χ1n) is 8.69. The summed E-state index contributed by atoms with van der Waals surface area (Å²) in [4.78, 5) is 19.3. The summed E-state index contributed by atoms with van der Waals surface area (Å²) in [5.74, 6) is 2.07. The van der Waals surface area contributed by atoms with Crippen LogP contribution in [0.2, 0.25) is 0 Å². The van der Waals surface area contributed by atoms with Crippen molar-refractivity contribution in [3.8, 4) is 0 Å². The first kappa shape index (κ1) is 15.4. The van der Waals surface area contributed by atoms with E-state index in [-0.39, 0.29) is 5.91 Å². The van der Waals surface area contributed by atoms with Crippen LogP contribution in [0.25, 0.3) is 0 Å². The number of amides is 1. The largest absolute Gasteiger partial charge is 0.381 e. The van der Waals surface area contributed by atoms with E-state index in [1.165, 1.54) is 12.8 Å². The molecule has 128 valence electrons. The molecule has 2 aliphatic rings. The summed E-state index contributed by atoms with van der Waals surface area (Å²) in [7, 11) is 1.90. The molecule has 0 saturated heterocycles. The lowest BCUT2D eigenvalue weighted by molar-refractivity contribution is 0.0565. The number of aryl methyl sites for hydroxylation is 1. The van der Waals surface area contributed by atoms with E-state index in [2.05, 4.69) is 9.55 Å². The number of fused-ring (bicyclic) bond motifs is 1. The molecule has 0 radical (unpaired) electrons. The van der Waals surface area contributed by atoms with Gasteiger partial charge in [0.15, 0.2) is 0 Å². The number of carbonyl (C=O) groups excluding carboxylic acids is 1. The fourth-order valence-electron chi connectivity index (χ4n) is 3.33. The summed E-state index contributed by atoms with van der Waals surface area (Å²) in [5.41, 5.74) is 0.715. The standard InChI is InChI=1S/C18H24N4O2/c1-20-7-2-3-16(20)18(23)22-10-15(13-24-12-14-4-5-14)9-21-8-6-19-17(21)11-22/h2-3,6-8,14-15H,4-5,9-13H2,1H3. The second-order valence-electron chi connectivity index (χ2n) is 7.03. The van der Waals surface area contributed by atoms with Crippen molar-refractivity contribution in [2.75, 3.05) is 19.8 Å². The van der Waals surface area contributed by atoms with Crippen molar-refractivity contribution < 1.29 is 9.53 Å². The molecule has 1 saturated carbocycles. The molecule has 24 heavy (non-hydrogen) atoms. The van der Waals surface area contributed by atoms with Crippen molar-refractivity contribution in [2.24, 2.45) is 18.9 Å². The highest BCUT2D eigenvalue weighted by atomic mass is 16.5. The molecule has 0 spiro atoms. The third-order valence-electron chi connectivity index (χ3n) is 4.92. The molecule has 2 aromatic rings. The molecular weight excluding hydrogens is 304 g/mol. The Bertz CT molecular complexity index is 716. The second-order valence-corrected chi connectivity index (χ2v) is 7.03. The van der Waals surface area contributed by atoms with Crippen LogP contribution in [0.3, 0.4) is 0 Å². The molecule has 1 unspecified atom stereocenters. The van der Waals surface area contributed by atoms with Crippen molar-refractivity contribution in [3.05, 3.63) is 42.2 Å². The van der Waals surface area contributed by atoms with Gasteiger partial charge in [-0.05, 0) is 30.9 Å². The average Bonchev–Trinajstić information content (AvgIpc) is 3.19. The maximum atomic E-state index is 12.9. The van der Waals surface area contributed by atoms with Gasteiger partial charge in [-0.1, -0.05) is 0 Å². The maximum Gasteiger partial charge on any atom is 0.270 e. The second kappa shape index (κ2) is 6.43. The SMILES string of the molecule is Cn1cccc1C(=O)N1Cc2nccn2CC(COCC2CC2)C1. The topological polar surface area (TPSA) is 52.3 Å². The number of carbonyl (C=O) groups is 1. The molecule has 1 amide bonds. The van der Waals surface area contributed by atoms with Crippen LogP contribution in [0.5, 0.6) is 0 Å². The summed E-state index contributed by atoms with van der Waals surface area (Å²) in [6.45, 7) is 3.68. The third-order valence-corrected chi connectivity index (χ3v) is 4.92. The Labute approximate surface area is 142 Å². The van der Waals surface area contributed by atoms with Gasteiger partial charge in [0, 0.05) is 51.3 Å². The number of nitrogens with zero attached hydrogens (tertiary/aromatic N) is 4. The average molecular weight is 328 g/mol. The van der Waals surface area contributed by atoms with E-state index in [1.807, 2.05) is 47.2 Å². The first-order valence-corrected chi connectivity index (χ1v) is 8.69. The number of rotatable bonds is 5. The number of imidazole rings is 1. The van der Waals surface area contributed by atoms with E-state index in [4.69, 9.17) is 4.74 Å². The number of ether oxygens (including phenoxy) is 1. The van der Waals surface area contributed by atoms with Crippen molar-refractivity contribution in [3.63, 3.8) is 0 Å². The normalized spacial score (nSPS) is 20.7. The minimum atomic E-state index is 0.0612. The molecule has 6 heteroatoms. The van der Waals surface area contributed by atoms with Gasteiger partial charge in [-0.3, -0.25) is 4.79 Å². The first-order chi connectivity index (χ1) is 11.7. The fraction of sp³-hybridized carbons (Fsp3) is 0.556. The van der Waals surface area contributed by atoms with Crippen LogP contribution >= 0.6 is 0 Å². The highest BCUT2D eigenvalue weighted by molar-refractivity contribution is 5.92. The Morgan fingerprint density at radius 1 is 1.25 bits per heavy atom. The van der Waals surface area contributed by atoms with E-state index >= 15 is 0 Å². The maximum absolute atomic E-state index is 12.9. The molecule has 4 rings (SSSR count). The quantitative estimate of drug-likeness (QED) is 0.843. The predicted octanol–water partition coefficient (Wildman–Crippen LogP) is 1.92. The van der Waals surface area contributed by atoms with E-state index < -0.39 is 0 Å². The lowest BCUT2D eigenvalue weighted by atomic mass is 10.1. The van der Waals surface area contributed by atoms with Crippen LogP contribution in [0, 0.1) is 11.8 Å². The predicted molar refractivity (Wildman–Crippen MR) is 89.4 cm³/mol. The Kier molecular flexibility index (Phi) is 4.14. The number of aromatic nitrogens is 3. The van der Waals surface area contributed by atoms with E-state index in [9.17, 15) is 4.79 Å². The minimum absolute atomic E-state index is 0.0612. The highest BCUT2D eigenvalue weighted by Gasteiger charge is 2.28. The van der Waals surface area contributed by atoms with Gasteiger partial charge < -0.3 is 18.8 Å². The van der Waals surface area contributed by atoms with Crippen molar-refractivity contribution in [1.29, 1.82) is 0 Å². The zero-order chi connectivity index (χ0) is 16.5. The summed E-state index contributed by atoms with van der Waals surface area (Å²) in [6.07, 6.45) is 8.32. The molecule has 1 fully saturated rings. The van der Waals surface area contributed by atoms with Gasteiger partial charge in [0.2, 0.25) is 0 Å². The summed E-state index contributed by atoms with van der Waals surface area (Å²) < 4.78 is 9.94. The summed E-state index contributed by atoms with van der Waals surface area (Å²) in [6, 6.07) is 3.78. The monoisotopic (exact) mass is 328 g/mol. The van der Waals surface area contributed by atoms with Crippen molar-refractivity contribution in [1.82, 2.24) is 19.0 Å². The minimum Gasteiger partial charge on any atom is -0.381 e. The van der Waals surface area contributed by atoms with E-state index in [0.29, 0.717) is 31.3 Å². The Morgan fingerprint density at radius 3 is 2.83 bits per heavy atom.